The number of nitroso groups, excluding NO2 is 1. The Balaban J connectivity index is 3.33. The van der Waals surface area contributed by atoms with E-state index in [-0.39, 0.29) is 6.04 Å². The molecule has 0 bridgehead atoms. The lowest BCUT2D eigenvalue weighted by Crippen LogP contribution is -2.03. The maximum atomic E-state index is 9.72. The Bertz CT molecular complexity index is 64.7. The average molecular weight is 117 g/mol. The minimum Gasteiger partial charge on any atom is -0.151 e. The van der Waals surface area contributed by atoms with Gasteiger partial charge in [-0.2, -0.15) is 4.91 Å². The van der Waals surface area contributed by atoms with E-state index in [2.05, 4.69) is 5.18 Å². The highest BCUT2D eigenvalue weighted by atomic mass is 28.1. The smallest absolute Gasteiger partial charge is 0.0885 e. The molecule has 0 heterocycles. The van der Waals surface area contributed by atoms with Crippen LogP contribution in [0.15, 0.2) is 5.18 Å². The summed E-state index contributed by atoms with van der Waals surface area (Å²) < 4.78 is 0. The Morgan fingerprint density at radius 1 is 1.57 bits per heavy atom. The van der Waals surface area contributed by atoms with Gasteiger partial charge >= 0.3 is 0 Å². The van der Waals surface area contributed by atoms with Crippen LogP contribution in [0.25, 0.3) is 0 Å². The molecule has 0 amide bonds. The van der Waals surface area contributed by atoms with Crippen LogP contribution in [0, 0.1) is 4.91 Å². The molecule has 0 rings (SSSR count). The van der Waals surface area contributed by atoms with E-state index in [9.17, 15) is 4.91 Å². The van der Waals surface area contributed by atoms with E-state index >= 15 is 0 Å². The van der Waals surface area contributed by atoms with Crippen LogP contribution < -0.4 is 0 Å². The summed E-state index contributed by atoms with van der Waals surface area (Å²) in [6.07, 6.45) is 0. The van der Waals surface area contributed by atoms with Crippen LogP contribution in [0.5, 0.6) is 0 Å². The molecule has 0 aromatic carbocycles. The lowest BCUT2D eigenvalue weighted by Gasteiger charge is -2.02. The first kappa shape index (κ1) is 6.82. The Hall–Kier alpha value is -0.183. The Kier molecular flexibility index (Phi) is 2.83. The largest absolute Gasteiger partial charge is 0.151 e. The SMILES string of the molecule is CC([SiH3])C(C)N=O. The van der Waals surface area contributed by atoms with Crippen molar-refractivity contribution in [1.29, 1.82) is 0 Å². The molecule has 0 aromatic rings. The zero-order chi connectivity index (χ0) is 5.86. The van der Waals surface area contributed by atoms with Gasteiger partial charge in [0.2, 0.25) is 0 Å². The quantitative estimate of drug-likeness (QED) is 0.378. The number of hydrogen-bond donors (Lipinski definition) is 0. The van der Waals surface area contributed by atoms with Gasteiger partial charge in [-0.25, -0.2) is 0 Å². The van der Waals surface area contributed by atoms with Gasteiger partial charge in [0.05, 0.1) is 6.04 Å². The predicted octanol–water partition coefficient (Wildman–Crippen LogP) is 0.315. The van der Waals surface area contributed by atoms with Gasteiger partial charge in [0.25, 0.3) is 0 Å². The Morgan fingerprint density at radius 3 is 2.00 bits per heavy atom. The lowest BCUT2D eigenvalue weighted by atomic mass is 10.3. The molecule has 0 aliphatic rings. The summed E-state index contributed by atoms with van der Waals surface area (Å²) in [4.78, 5) is 9.72. The third kappa shape index (κ3) is 2.50. The van der Waals surface area contributed by atoms with Crippen molar-refractivity contribution in [2.75, 3.05) is 0 Å². The summed E-state index contributed by atoms with van der Waals surface area (Å²) in [6, 6.07) is 0.0340. The van der Waals surface area contributed by atoms with Gasteiger partial charge in [0, 0.05) is 10.2 Å². The van der Waals surface area contributed by atoms with Gasteiger partial charge in [-0.15, -0.1) is 0 Å². The molecule has 0 saturated carbocycles. The summed E-state index contributed by atoms with van der Waals surface area (Å²) >= 11 is 0. The molecule has 0 fully saturated rings. The second-order valence-corrected chi connectivity index (χ2v) is 3.91. The monoisotopic (exact) mass is 117 g/mol. The van der Waals surface area contributed by atoms with Crippen molar-refractivity contribution in [3.8, 4) is 0 Å². The van der Waals surface area contributed by atoms with E-state index in [1.54, 1.807) is 0 Å². The Labute approximate surface area is 46.7 Å². The van der Waals surface area contributed by atoms with Crippen molar-refractivity contribution < 1.29 is 0 Å². The average Bonchev–Trinajstić information content (AvgIpc) is 1.65. The van der Waals surface area contributed by atoms with Crippen LogP contribution in [-0.2, 0) is 0 Å². The van der Waals surface area contributed by atoms with E-state index in [4.69, 9.17) is 0 Å². The molecule has 2 unspecified atom stereocenters. The fourth-order valence-corrected chi connectivity index (χ4v) is 0.243. The minimum absolute atomic E-state index is 0.0340. The van der Waals surface area contributed by atoms with Gasteiger partial charge in [0.1, 0.15) is 0 Å². The van der Waals surface area contributed by atoms with Crippen LogP contribution in [0.1, 0.15) is 13.8 Å². The first-order valence-corrected chi connectivity index (χ1v) is 3.66. The van der Waals surface area contributed by atoms with E-state index in [0.29, 0.717) is 5.54 Å². The summed E-state index contributed by atoms with van der Waals surface area (Å²) in [7, 11) is 1.07. The highest BCUT2D eigenvalue weighted by Gasteiger charge is 2.03. The molecule has 0 saturated heterocycles. The third-order valence-corrected chi connectivity index (χ3v) is 2.10. The van der Waals surface area contributed by atoms with Crippen LogP contribution in [0.2, 0.25) is 5.54 Å². The highest BCUT2D eigenvalue weighted by Crippen LogP contribution is 2.05. The molecule has 0 aromatic heterocycles. The lowest BCUT2D eigenvalue weighted by molar-refractivity contribution is 0.709. The molecule has 0 aliphatic carbocycles. The van der Waals surface area contributed by atoms with E-state index < -0.39 is 0 Å². The summed E-state index contributed by atoms with van der Waals surface area (Å²) in [6.45, 7) is 3.89. The molecule has 7 heavy (non-hydrogen) atoms. The van der Waals surface area contributed by atoms with Crippen molar-refractivity contribution in [3.63, 3.8) is 0 Å². The van der Waals surface area contributed by atoms with Crippen molar-refractivity contribution in [1.82, 2.24) is 0 Å². The Morgan fingerprint density at radius 2 is 2.00 bits per heavy atom. The topological polar surface area (TPSA) is 29.4 Å². The highest BCUT2D eigenvalue weighted by molar-refractivity contribution is 6.11. The molecule has 0 N–H and O–H groups in total. The van der Waals surface area contributed by atoms with E-state index in [1.165, 1.54) is 0 Å². The van der Waals surface area contributed by atoms with Crippen LogP contribution in [-0.4, -0.2) is 16.3 Å². The van der Waals surface area contributed by atoms with Gasteiger partial charge in [-0.1, -0.05) is 12.1 Å². The number of hydrogen-bond acceptors (Lipinski definition) is 2. The van der Waals surface area contributed by atoms with Crippen molar-refractivity contribution in [3.05, 3.63) is 4.91 Å². The maximum absolute atomic E-state index is 9.72. The number of rotatable bonds is 2. The zero-order valence-corrected chi connectivity index (χ0v) is 7.01. The summed E-state index contributed by atoms with van der Waals surface area (Å²) in [5.41, 5.74) is 0.525. The van der Waals surface area contributed by atoms with Crippen molar-refractivity contribution in [2.45, 2.75) is 25.4 Å². The summed E-state index contributed by atoms with van der Waals surface area (Å²) in [5, 5.41) is 2.87. The molecule has 3 heteroatoms. The van der Waals surface area contributed by atoms with E-state index in [0.717, 1.165) is 10.2 Å². The van der Waals surface area contributed by atoms with Gasteiger partial charge in [-0.05, 0) is 12.5 Å². The third-order valence-electron chi connectivity index (χ3n) is 1.13. The standard InChI is InChI=1S/C4H11NOSi/c1-3(5-6)4(2)7/h3-4H,1-2,7H3. The first-order chi connectivity index (χ1) is 3.18. The molecule has 2 atom stereocenters. The molecule has 0 aliphatic heterocycles. The predicted molar refractivity (Wildman–Crippen MR) is 34.6 cm³/mol. The zero-order valence-electron chi connectivity index (χ0n) is 5.01. The number of nitrogens with zero attached hydrogens (tertiary/aromatic N) is 1. The van der Waals surface area contributed by atoms with Crippen LogP contribution in [0.3, 0.4) is 0 Å². The second kappa shape index (κ2) is 2.90. The normalized spacial score (nSPS) is 18.6. The fraction of sp³-hybridized carbons (Fsp3) is 1.00. The molecule has 42 valence electrons. The van der Waals surface area contributed by atoms with Crippen LogP contribution >= 0.6 is 0 Å². The van der Waals surface area contributed by atoms with Gasteiger partial charge in [0.15, 0.2) is 0 Å². The maximum Gasteiger partial charge on any atom is 0.0885 e. The first-order valence-electron chi connectivity index (χ1n) is 2.51. The molecular weight excluding hydrogens is 106 g/mol. The van der Waals surface area contributed by atoms with Crippen molar-refractivity contribution >= 4 is 10.2 Å². The minimum atomic E-state index is 0.0340. The summed E-state index contributed by atoms with van der Waals surface area (Å²) in [5.74, 6) is 0. The van der Waals surface area contributed by atoms with Gasteiger partial charge < -0.3 is 0 Å². The molecular formula is C4H11NOSi. The molecule has 2 nitrogen and oxygen atoms in total. The van der Waals surface area contributed by atoms with Crippen molar-refractivity contribution in [2.24, 2.45) is 5.18 Å². The molecule has 0 spiro atoms. The fourth-order valence-electron chi connectivity index (χ4n) is 0.122. The molecule has 0 radical (unpaired) electrons. The van der Waals surface area contributed by atoms with Crippen LogP contribution in [0.4, 0.5) is 0 Å². The van der Waals surface area contributed by atoms with Gasteiger partial charge in [-0.3, -0.25) is 0 Å². The van der Waals surface area contributed by atoms with E-state index in [1.807, 2.05) is 13.8 Å². The second-order valence-electron chi connectivity index (χ2n) is 2.09.